The molecule has 1 fully saturated rings. The second-order valence-electron chi connectivity index (χ2n) is 8.23. The summed E-state index contributed by atoms with van der Waals surface area (Å²) in [6.07, 6.45) is 13.2. The van der Waals surface area contributed by atoms with Gasteiger partial charge >= 0.3 is 0 Å². The van der Waals surface area contributed by atoms with E-state index in [1.165, 1.54) is 0 Å². The Bertz CT molecular complexity index is 1050. The maximum absolute atomic E-state index is 5.88. The molecule has 172 valence electrons. The number of aromatic amines is 1. The predicted octanol–water partition coefficient (Wildman–Crippen LogP) is 4.10. The second kappa shape index (κ2) is 10.6. The summed E-state index contributed by atoms with van der Waals surface area (Å²) in [5.74, 6) is 2.99. The van der Waals surface area contributed by atoms with Crippen molar-refractivity contribution in [3.63, 3.8) is 0 Å². The Balaban J connectivity index is 1.08. The number of nitrogens with zero attached hydrogens (tertiary/aromatic N) is 2. The van der Waals surface area contributed by atoms with Crippen molar-refractivity contribution >= 4 is 18.2 Å². The molecule has 2 aliphatic heterocycles. The molecule has 0 spiro atoms. The molecular weight excluding hydrogens is 418 g/mol. The minimum absolute atomic E-state index is 0.294. The number of nitrogens with one attached hydrogen (secondary N) is 1. The Hall–Kier alpha value is -3.29. The molecule has 1 aliphatic carbocycles. The van der Waals surface area contributed by atoms with Crippen molar-refractivity contribution in [1.29, 1.82) is 0 Å². The Labute approximate surface area is 194 Å². The molecule has 1 N–H and O–H groups in total. The van der Waals surface area contributed by atoms with E-state index in [1.54, 1.807) is 0 Å². The lowest BCUT2D eigenvalue weighted by molar-refractivity contribution is 0.0322. The predicted molar refractivity (Wildman–Crippen MR) is 127 cm³/mol. The smallest absolute Gasteiger partial charge is 0.230 e. The molecule has 1 atom stereocenters. The first-order chi connectivity index (χ1) is 16.3. The minimum atomic E-state index is 0.294. The molecule has 1 aromatic carbocycles. The molecule has 7 nitrogen and oxygen atoms in total. The van der Waals surface area contributed by atoms with E-state index in [0.29, 0.717) is 19.3 Å². The largest absolute Gasteiger partial charge is 0.492 e. The topological polar surface area (TPSA) is 68.8 Å². The number of allylic oxidation sites excluding steroid dienone is 4. The monoisotopic (exact) mass is 447 g/mol. The van der Waals surface area contributed by atoms with Crippen LogP contribution in [0.5, 0.6) is 5.75 Å². The van der Waals surface area contributed by atoms with Crippen LogP contribution in [0.4, 0.5) is 0 Å². The van der Waals surface area contributed by atoms with Crippen molar-refractivity contribution in [3.8, 4) is 5.75 Å². The number of morpholine rings is 1. The van der Waals surface area contributed by atoms with E-state index in [2.05, 4.69) is 51.5 Å². The van der Waals surface area contributed by atoms with Crippen LogP contribution in [-0.4, -0.2) is 61.3 Å². The van der Waals surface area contributed by atoms with Crippen molar-refractivity contribution in [2.45, 2.75) is 6.42 Å². The van der Waals surface area contributed by atoms with Gasteiger partial charge in [-0.05, 0) is 42.0 Å². The fraction of sp³-hybridized carbons (Fsp3) is 0.346. The van der Waals surface area contributed by atoms with Gasteiger partial charge in [-0.15, -0.1) is 0 Å². The molecular formula is C26H29N3O4. The van der Waals surface area contributed by atoms with Gasteiger partial charge in [0.25, 0.3) is 0 Å². The number of benzene rings is 1. The second-order valence-corrected chi connectivity index (χ2v) is 8.23. The summed E-state index contributed by atoms with van der Waals surface area (Å²) in [6, 6.07) is 10.2. The van der Waals surface area contributed by atoms with Crippen molar-refractivity contribution < 1.29 is 18.9 Å². The van der Waals surface area contributed by atoms with Crippen molar-refractivity contribution in [1.82, 2.24) is 15.1 Å². The molecule has 33 heavy (non-hydrogen) atoms. The highest BCUT2D eigenvalue weighted by Crippen LogP contribution is 2.30. The van der Waals surface area contributed by atoms with Gasteiger partial charge in [-0.3, -0.25) is 10.00 Å². The third-order valence-corrected chi connectivity index (χ3v) is 5.89. The number of hydrogen-bond donors (Lipinski definition) is 1. The average Bonchev–Trinajstić information content (AvgIpc) is 3.52. The fourth-order valence-electron chi connectivity index (χ4n) is 3.97. The lowest BCUT2D eigenvalue weighted by Crippen LogP contribution is -2.38. The van der Waals surface area contributed by atoms with Gasteiger partial charge in [-0.25, -0.2) is 0 Å². The molecule has 5 rings (SSSR count). The Kier molecular flexibility index (Phi) is 6.89. The molecule has 7 heteroatoms. The van der Waals surface area contributed by atoms with Crippen molar-refractivity contribution in [2.24, 2.45) is 5.92 Å². The maximum Gasteiger partial charge on any atom is 0.230 e. The summed E-state index contributed by atoms with van der Waals surface area (Å²) in [4.78, 5) is 2.37. The number of H-pyrrole nitrogens is 1. The van der Waals surface area contributed by atoms with Crippen LogP contribution in [0.15, 0.2) is 60.1 Å². The maximum atomic E-state index is 5.88. The van der Waals surface area contributed by atoms with Crippen LogP contribution in [0.1, 0.15) is 23.4 Å². The molecule has 0 radical (unpaired) electrons. The Morgan fingerprint density at radius 1 is 1.09 bits per heavy atom. The van der Waals surface area contributed by atoms with Crippen LogP contribution < -0.4 is 4.74 Å². The van der Waals surface area contributed by atoms with Gasteiger partial charge < -0.3 is 18.9 Å². The molecule has 3 heterocycles. The standard InChI is InChI=1S/C26H29N3O4/c1(20-3-8-24(9-4-20)31-16-13-29-11-14-30-15-12-29)6-22-18-23(28-27-22)7-2-21-5-10-25-26(17-21)33-19-32-25/h1-10,18,21H,11-17,19H2,(H,27,28)/b6-1+,7-2+. The third kappa shape index (κ3) is 5.94. The molecule has 1 unspecified atom stereocenters. The number of aromatic nitrogens is 2. The molecule has 0 amide bonds. The van der Waals surface area contributed by atoms with Gasteiger partial charge in [-0.1, -0.05) is 30.4 Å². The first-order valence-corrected chi connectivity index (χ1v) is 11.4. The lowest BCUT2D eigenvalue weighted by atomic mass is 9.98. The van der Waals surface area contributed by atoms with Crippen LogP contribution in [-0.2, 0) is 14.2 Å². The summed E-state index contributed by atoms with van der Waals surface area (Å²) in [5, 5.41) is 7.45. The lowest BCUT2D eigenvalue weighted by Gasteiger charge is -2.26. The summed E-state index contributed by atoms with van der Waals surface area (Å²) in [6.45, 7) is 5.55. The van der Waals surface area contributed by atoms with Crippen molar-refractivity contribution in [2.75, 3.05) is 46.2 Å². The van der Waals surface area contributed by atoms with E-state index in [4.69, 9.17) is 18.9 Å². The van der Waals surface area contributed by atoms with E-state index in [-0.39, 0.29) is 0 Å². The number of rotatable bonds is 8. The van der Waals surface area contributed by atoms with E-state index in [0.717, 1.165) is 73.5 Å². The van der Waals surface area contributed by atoms with Gasteiger partial charge in [0.05, 0.1) is 24.6 Å². The van der Waals surface area contributed by atoms with E-state index in [1.807, 2.05) is 30.4 Å². The molecule has 2 aromatic rings. The fourth-order valence-corrected chi connectivity index (χ4v) is 3.97. The highest BCUT2D eigenvalue weighted by molar-refractivity contribution is 5.69. The van der Waals surface area contributed by atoms with Crippen LogP contribution in [0.25, 0.3) is 18.2 Å². The zero-order chi connectivity index (χ0) is 22.3. The molecule has 1 saturated heterocycles. The molecule has 1 aromatic heterocycles. The summed E-state index contributed by atoms with van der Waals surface area (Å²) in [5.41, 5.74) is 2.96. The van der Waals surface area contributed by atoms with Crippen LogP contribution in [0.2, 0.25) is 0 Å². The van der Waals surface area contributed by atoms with Gasteiger partial charge in [0.1, 0.15) is 18.1 Å². The number of hydrogen-bond acceptors (Lipinski definition) is 6. The van der Waals surface area contributed by atoms with Gasteiger partial charge in [0.2, 0.25) is 6.79 Å². The number of ether oxygens (including phenoxy) is 4. The summed E-state index contributed by atoms with van der Waals surface area (Å²) < 4.78 is 22.1. The SMILES string of the molecule is C1=CC(/C=C/c2cc(/C=C/c3ccc(OCCN4CCOCC4)cc3)n[nH]2)CC2=C1OCO2. The Morgan fingerprint density at radius 3 is 2.85 bits per heavy atom. The van der Waals surface area contributed by atoms with E-state index >= 15 is 0 Å². The first-order valence-electron chi connectivity index (χ1n) is 11.4. The van der Waals surface area contributed by atoms with Crippen LogP contribution >= 0.6 is 0 Å². The normalized spacial score (nSPS) is 20.9. The van der Waals surface area contributed by atoms with E-state index in [9.17, 15) is 0 Å². The first kappa shape index (κ1) is 21.6. The Morgan fingerprint density at radius 2 is 1.97 bits per heavy atom. The van der Waals surface area contributed by atoms with Gasteiger partial charge in [0.15, 0.2) is 5.76 Å². The average molecular weight is 448 g/mol. The summed E-state index contributed by atoms with van der Waals surface area (Å²) in [7, 11) is 0. The zero-order valence-corrected chi connectivity index (χ0v) is 18.6. The molecule has 3 aliphatic rings. The van der Waals surface area contributed by atoms with Gasteiger partial charge in [0, 0.05) is 32.0 Å². The van der Waals surface area contributed by atoms with Crippen molar-refractivity contribution in [3.05, 3.63) is 77.0 Å². The zero-order valence-electron chi connectivity index (χ0n) is 18.6. The van der Waals surface area contributed by atoms with Crippen LogP contribution in [0.3, 0.4) is 0 Å². The molecule has 0 saturated carbocycles. The third-order valence-electron chi connectivity index (χ3n) is 5.89. The van der Waals surface area contributed by atoms with Gasteiger partial charge in [-0.2, -0.15) is 5.10 Å². The van der Waals surface area contributed by atoms with E-state index < -0.39 is 0 Å². The summed E-state index contributed by atoms with van der Waals surface area (Å²) >= 11 is 0. The highest BCUT2D eigenvalue weighted by Gasteiger charge is 2.21. The van der Waals surface area contributed by atoms with Crippen LogP contribution in [0, 0.1) is 5.92 Å². The quantitative estimate of drug-likeness (QED) is 0.657. The highest BCUT2D eigenvalue weighted by atomic mass is 16.7. The molecule has 0 bridgehead atoms. The minimum Gasteiger partial charge on any atom is -0.492 e.